The summed E-state index contributed by atoms with van der Waals surface area (Å²) in [6, 6.07) is 7.44. The molecule has 0 aliphatic heterocycles. The van der Waals surface area contributed by atoms with E-state index in [0.29, 0.717) is 11.7 Å². The molecule has 0 aliphatic carbocycles. The van der Waals surface area contributed by atoms with Gasteiger partial charge in [0.2, 0.25) is 0 Å². The summed E-state index contributed by atoms with van der Waals surface area (Å²) in [6.45, 7) is 5.70. The molecule has 90 valence electrons. The Hall–Kier alpha value is -1.51. The molecule has 0 atom stereocenters. The van der Waals surface area contributed by atoms with Gasteiger partial charge in [0.25, 0.3) is 0 Å². The van der Waals surface area contributed by atoms with Crippen LogP contribution in [0.3, 0.4) is 0 Å². The molecule has 3 nitrogen and oxygen atoms in total. The van der Waals surface area contributed by atoms with E-state index in [1.807, 2.05) is 18.2 Å². The number of aromatic hydroxyl groups is 1. The highest BCUT2D eigenvalue weighted by Crippen LogP contribution is 2.13. The van der Waals surface area contributed by atoms with Crippen molar-refractivity contribution in [3.63, 3.8) is 0 Å². The quantitative estimate of drug-likeness (QED) is 0.786. The minimum absolute atomic E-state index is 0.245. The first-order chi connectivity index (χ1) is 7.45. The highest BCUT2D eigenvalue weighted by molar-refractivity contribution is 5.65. The fraction of sp³-hybridized carbons (Fsp3) is 0.462. The molecule has 0 spiro atoms. The number of esters is 1. The van der Waals surface area contributed by atoms with E-state index in [-0.39, 0.29) is 5.97 Å². The van der Waals surface area contributed by atoms with Crippen molar-refractivity contribution in [3.05, 3.63) is 29.8 Å². The topological polar surface area (TPSA) is 46.5 Å². The SMILES string of the molecule is CC(C)Cc1cccc(O)c1.COC(C)=O. The first kappa shape index (κ1) is 14.5. The van der Waals surface area contributed by atoms with Gasteiger partial charge in [-0.15, -0.1) is 0 Å². The molecule has 0 heterocycles. The largest absolute Gasteiger partial charge is 0.508 e. The van der Waals surface area contributed by atoms with Crippen LogP contribution >= 0.6 is 0 Å². The number of methoxy groups -OCH3 is 1. The van der Waals surface area contributed by atoms with Crippen molar-refractivity contribution in [3.8, 4) is 5.75 Å². The maximum Gasteiger partial charge on any atom is 0.302 e. The van der Waals surface area contributed by atoms with Crippen LogP contribution in [0.5, 0.6) is 5.75 Å². The standard InChI is InChI=1S/C10H14O.C3H6O2/c1-8(2)6-9-4-3-5-10(11)7-9;1-3(4)5-2/h3-5,7-8,11H,6H2,1-2H3;1-2H3. The monoisotopic (exact) mass is 224 g/mol. The van der Waals surface area contributed by atoms with Gasteiger partial charge < -0.3 is 9.84 Å². The molecule has 3 heteroatoms. The average Bonchev–Trinajstić information content (AvgIpc) is 2.17. The van der Waals surface area contributed by atoms with Gasteiger partial charge in [-0.3, -0.25) is 4.79 Å². The summed E-state index contributed by atoms with van der Waals surface area (Å²) in [6.07, 6.45) is 1.04. The molecule has 0 bridgehead atoms. The zero-order valence-corrected chi connectivity index (χ0v) is 10.4. The minimum atomic E-state index is -0.245. The Morgan fingerprint density at radius 3 is 2.38 bits per heavy atom. The molecule has 0 saturated carbocycles. The Labute approximate surface area is 97.1 Å². The predicted molar refractivity (Wildman–Crippen MR) is 64.3 cm³/mol. The molecule has 1 N–H and O–H groups in total. The van der Waals surface area contributed by atoms with Crippen LogP contribution in [0.4, 0.5) is 0 Å². The van der Waals surface area contributed by atoms with Gasteiger partial charge in [0, 0.05) is 6.92 Å². The number of benzene rings is 1. The van der Waals surface area contributed by atoms with Crippen molar-refractivity contribution >= 4 is 5.97 Å². The number of hydrogen-bond acceptors (Lipinski definition) is 3. The van der Waals surface area contributed by atoms with Crippen LogP contribution in [0.2, 0.25) is 0 Å². The van der Waals surface area contributed by atoms with Crippen LogP contribution in [0.1, 0.15) is 26.3 Å². The van der Waals surface area contributed by atoms with Gasteiger partial charge in [-0.05, 0) is 30.0 Å². The molecule has 0 saturated heterocycles. The van der Waals surface area contributed by atoms with Gasteiger partial charge in [-0.1, -0.05) is 26.0 Å². The minimum Gasteiger partial charge on any atom is -0.508 e. The molecule has 16 heavy (non-hydrogen) atoms. The summed E-state index contributed by atoms with van der Waals surface area (Å²) < 4.78 is 4.11. The fourth-order valence-electron chi connectivity index (χ4n) is 1.15. The highest BCUT2D eigenvalue weighted by Gasteiger charge is 1.97. The van der Waals surface area contributed by atoms with Crippen LogP contribution in [0.25, 0.3) is 0 Å². The highest BCUT2D eigenvalue weighted by atomic mass is 16.5. The molecular formula is C13H20O3. The summed E-state index contributed by atoms with van der Waals surface area (Å²) in [5, 5.41) is 9.13. The first-order valence-corrected chi connectivity index (χ1v) is 5.28. The Morgan fingerprint density at radius 1 is 1.44 bits per heavy atom. The zero-order chi connectivity index (χ0) is 12.6. The normalized spacial score (nSPS) is 9.31. The number of phenols is 1. The number of rotatable bonds is 2. The molecule has 1 aromatic rings. The second-order valence-electron chi connectivity index (χ2n) is 3.96. The van der Waals surface area contributed by atoms with Crippen molar-refractivity contribution in [2.75, 3.05) is 7.11 Å². The third-order valence-electron chi connectivity index (χ3n) is 1.84. The third kappa shape index (κ3) is 7.85. The molecule has 0 radical (unpaired) electrons. The maximum absolute atomic E-state index is 9.59. The summed E-state index contributed by atoms with van der Waals surface area (Å²) >= 11 is 0. The first-order valence-electron chi connectivity index (χ1n) is 5.28. The van der Waals surface area contributed by atoms with Crippen LogP contribution in [0, 0.1) is 5.92 Å². The van der Waals surface area contributed by atoms with Crippen LogP contribution in [-0.4, -0.2) is 18.2 Å². The second kappa shape index (κ2) is 7.74. The number of phenolic OH excluding ortho intramolecular Hbond substituents is 1. The number of ether oxygens (including phenoxy) is 1. The average molecular weight is 224 g/mol. The molecule has 0 fully saturated rings. The van der Waals surface area contributed by atoms with Crippen molar-refractivity contribution in [1.29, 1.82) is 0 Å². The van der Waals surface area contributed by atoms with E-state index >= 15 is 0 Å². The van der Waals surface area contributed by atoms with Gasteiger partial charge in [0.05, 0.1) is 7.11 Å². The second-order valence-corrected chi connectivity index (χ2v) is 3.96. The molecule has 0 amide bonds. The third-order valence-corrected chi connectivity index (χ3v) is 1.84. The molecule has 1 rings (SSSR count). The smallest absolute Gasteiger partial charge is 0.302 e. The summed E-state index contributed by atoms with van der Waals surface area (Å²) in [4.78, 5) is 9.59. The fourth-order valence-corrected chi connectivity index (χ4v) is 1.15. The summed E-state index contributed by atoms with van der Waals surface area (Å²) in [5.41, 5.74) is 1.21. The Morgan fingerprint density at radius 2 is 2.00 bits per heavy atom. The van der Waals surface area contributed by atoms with E-state index < -0.39 is 0 Å². The van der Waals surface area contributed by atoms with Gasteiger partial charge in [0.15, 0.2) is 0 Å². The lowest BCUT2D eigenvalue weighted by molar-refractivity contribution is -0.137. The van der Waals surface area contributed by atoms with E-state index in [1.165, 1.54) is 19.6 Å². The Bertz CT molecular complexity index is 319. The summed E-state index contributed by atoms with van der Waals surface area (Å²) in [7, 11) is 1.35. The lowest BCUT2D eigenvalue weighted by Crippen LogP contribution is -1.92. The molecular weight excluding hydrogens is 204 g/mol. The number of carbonyl (C=O) groups is 1. The van der Waals surface area contributed by atoms with E-state index in [1.54, 1.807) is 6.07 Å². The van der Waals surface area contributed by atoms with Crippen molar-refractivity contribution in [1.82, 2.24) is 0 Å². The Balaban J connectivity index is 0.000000385. The van der Waals surface area contributed by atoms with Crippen LogP contribution in [0.15, 0.2) is 24.3 Å². The van der Waals surface area contributed by atoms with Crippen molar-refractivity contribution in [2.45, 2.75) is 27.2 Å². The lowest BCUT2D eigenvalue weighted by atomic mass is 10.0. The van der Waals surface area contributed by atoms with E-state index in [2.05, 4.69) is 18.6 Å². The Kier molecular flexibility index (Phi) is 7.01. The molecule has 0 aliphatic rings. The number of carbonyl (C=O) groups excluding carboxylic acids is 1. The molecule has 1 aromatic carbocycles. The van der Waals surface area contributed by atoms with Gasteiger partial charge in [-0.2, -0.15) is 0 Å². The van der Waals surface area contributed by atoms with Gasteiger partial charge in [-0.25, -0.2) is 0 Å². The molecule has 0 unspecified atom stereocenters. The molecule has 0 aromatic heterocycles. The van der Waals surface area contributed by atoms with Crippen LogP contribution in [-0.2, 0) is 16.0 Å². The zero-order valence-electron chi connectivity index (χ0n) is 10.4. The number of hydrogen-bond donors (Lipinski definition) is 1. The predicted octanol–water partition coefficient (Wildman–Crippen LogP) is 2.77. The van der Waals surface area contributed by atoms with Crippen molar-refractivity contribution in [2.24, 2.45) is 5.92 Å². The van der Waals surface area contributed by atoms with E-state index in [9.17, 15) is 4.79 Å². The van der Waals surface area contributed by atoms with E-state index in [4.69, 9.17) is 5.11 Å². The lowest BCUT2D eigenvalue weighted by Gasteiger charge is -2.04. The maximum atomic E-state index is 9.59. The van der Waals surface area contributed by atoms with Crippen molar-refractivity contribution < 1.29 is 14.6 Å². The van der Waals surface area contributed by atoms with Gasteiger partial charge >= 0.3 is 5.97 Å². The van der Waals surface area contributed by atoms with Gasteiger partial charge in [0.1, 0.15) is 5.75 Å². The van der Waals surface area contributed by atoms with E-state index in [0.717, 1.165) is 6.42 Å². The van der Waals surface area contributed by atoms with Crippen LogP contribution < -0.4 is 0 Å². The summed E-state index contributed by atoms with van der Waals surface area (Å²) in [5.74, 6) is 0.768.